The van der Waals surface area contributed by atoms with Gasteiger partial charge in [-0.1, -0.05) is 18.2 Å². The summed E-state index contributed by atoms with van der Waals surface area (Å²) in [6.45, 7) is 5.67. The van der Waals surface area contributed by atoms with Crippen LogP contribution >= 0.6 is 0 Å². The third-order valence-electron chi connectivity index (χ3n) is 6.77. The number of halogens is 3. The fourth-order valence-corrected chi connectivity index (χ4v) is 5.13. The fourth-order valence-electron chi connectivity index (χ4n) is 4.19. The van der Waals surface area contributed by atoms with Gasteiger partial charge >= 0.3 is 6.18 Å². The molecule has 3 aromatic rings. The molecular weight excluding hydrogens is 533 g/mol. The van der Waals surface area contributed by atoms with Crippen LogP contribution in [-0.2, 0) is 10.0 Å². The number of amides is 1. The molecule has 2 heterocycles. The number of aryl methyl sites for hydroxylation is 1. The third-order valence-corrected chi connectivity index (χ3v) is 8.00. The Morgan fingerprint density at radius 3 is 2.44 bits per heavy atom. The van der Waals surface area contributed by atoms with Crippen molar-refractivity contribution in [1.82, 2.24) is 14.7 Å². The fraction of sp³-hybridized carbons (Fsp3) is 0.296. The smallest absolute Gasteiger partial charge is 0.392 e. The van der Waals surface area contributed by atoms with Gasteiger partial charge in [0.05, 0.1) is 11.6 Å². The van der Waals surface area contributed by atoms with E-state index in [2.05, 4.69) is 9.97 Å². The molecule has 1 aliphatic rings. The van der Waals surface area contributed by atoms with E-state index in [0.29, 0.717) is 17.0 Å². The molecular formula is C27H27F3N4O4S. The van der Waals surface area contributed by atoms with Crippen molar-refractivity contribution < 1.29 is 31.1 Å². The van der Waals surface area contributed by atoms with Crippen molar-refractivity contribution in [2.75, 3.05) is 5.73 Å². The number of carbonyl (C=O) groups is 1. The minimum atomic E-state index is -4.38. The van der Waals surface area contributed by atoms with Crippen molar-refractivity contribution in [3.63, 3.8) is 0 Å². The quantitative estimate of drug-likeness (QED) is 0.400. The number of ether oxygens (including phenoxy) is 1. The monoisotopic (exact) mass is 560 g/mol. The number of aromatic nitrogens is 2. The van der Waals surface area contributed by atoms with Crippen LogP contribution in [0.3, 0.4) is 0 Å². The summed E-state index contributed by atoms with van der Waals surface area (Å²) < 4.78 is 72.9. The van der Waals surface area contributed by atoms with Gasteiger partial charge in [0, 0.05) is 0 Å². The number of allylic oxidation sites excluding steroid dienone is 2. The van der Waals surface area contributed by atoms with Gasteiger partial charge in [-0.05, 0) is 92.6 Å². The van der Waals surface area contributed by atoms with E-state index in [1.807, 2.05) is 31.6 Å². The van der Waals surface area contributed by atoms with Gasteiger partial charge < -0.3 is 10.5 Å². The molecule has 206 valence electrons. The number of hydrogen-bond donors (Lipinski definition) is 2. The zero-order valence-corrected chi connectivity index (χ0v) is 22.3. The van der Waals surface area contributed by atoms with E-state index in [1.54, 1.807) is 6.07 Å². The lowest BCUT2D eigenvalue weighted by molar-refractivity contribution is -0.175. The first-order chi connectivity index (χ1) is 18.3. The molecule has 4 rings (SSSR count). The number of anilines is 1. The number of nitrogens with zero attached hydrogens (tertiary/aromatic N) is 2. The molecule has 8 nitrogen and oxygen atoms in total. The highest BCUT2D eigenvalue weighted by Crippen LogP contribution is 2.40. The molecule has 0 saturated heterocycles. The Labute approximate surface area is 224 Å². The predicted molar refractivity (Wildman–Crippen MR) is 140 cm³/mol. The van der Waals surface area contributed by atoms with E-state index in [-0.39, 0.29) is 36.5 Å². The Morgan fingerprint density at radius 1 is 1.05 bits per heavy atom. The second-order valence-corrected chi connectivity index (χ2v) is 11.0. The number of sulfonamides is 1. The van der Waals surface area contributed by atoms with Gasteiger partial charge in [0.2, 0.25) is 5.88 Å². The van der Waals surface area contributed by atoms with Gasteiger partial charge in [0.15, 0.2) is 5.03 Å². The average molecular weight is 561 g/mol. The number of hydrogen-bond acceptors (Lipinski definition) is 7. The molecule has 2 aromatic heterocycles. The highest BCUT2D eigenvalue weighted by atomic mass is 32.2. The molecule has 0 bridgehead atoms. The molecule has 0 radical (unpaired) electrons. The Bertz CT molecular complexity index is 1570. The number of nitrogens with two attached hydrogens (primary N) is 1. The number of pyridine rings is 2. The maximum Gasteiger partial charge on any atom is 0.392 e. The first kappa shape index (κ1) is 28.1. The highest BCUT2D eigenvalue weighted by Gasteiger charge is 2.40. The van der Waals surface area contributed by atoms with Gasteiger partial charge in [-0.2, -0.15) is 21.6 Å². The molecule has 1 aliphatic carbocycles. The zero-order chi connectivity index (χ0) is 28.5. The molecule has 1 amide bonds. The molecule has 0 aliphatic heterocycles. The summed E-state index contributed by atoms with van der Waals surface area (Å²) in [5.41, 5.74) is 9.08. The van der Waals surface area contributed by atoms with Gasteiger partial charge in [0.25, 0.3) is 15.9 Å². The van der Waals surface area contributed by atoms with Crippen molar-refractivity contribution in [2.45, 2.75) is 51.2 Å². The third kappa shape index (κ3) is 6.22. The number of nitrogens with one attached hydrogen (secondary N) is 1. The number of rotatable bonds is 6. The van der Waals surface area contributed by atoms with Crippen molar-refractivity contribution >= 4 is 27.3 Å². The molecule has 3 N–H and O–H groups in total. The standard InChI is InChI=1S/C27H27F3N4O4S/c1-15-7-14-22(17(3)16(15)2)38-26-20(25(35)34-39(36,37)24-6-4-5-23(31)33-24)12-13-21(32-26)18-8-10-19(11-9-18)27(28,29)30/h4-8,12-14,19H,9-11H2,1-3H3,(H2,31,33)(H,34,35). The first-order valence-corrected chi connectivity index (χ1v) is 13.6. The first-order valence-electron chi connectivity index (χ1n) is 12.1. The normalized spacial score (nSPS) is 15.9. The van der Waals surface area contributed by atoms with Crippen molar-refractivity contribution in [3.05, 3.63) is 76.5 Å². The van der Waals surface area contributed by atoms with Crippen LogP contribution < -0.4 is 15.2 Å². The van der Waals surface area contributed by atoms with Crippen molar-refractivity contribution in [3.8, 4) is 11.6 Å². The molecule has 1 atom stereocenters. The molecule has 1 aromatic carbocycles. The van der Waals surface area contributed by atoms with E-state index in [1.165, 1.54) is 36.4 Å². The summed E-state index contributed by atoms with van der Waals surface area (Å²) >= 11 is 0. The van der Waals surface area contributed by atoms with E-state index in [0.717, 1.165) is 16.7 Å². The van der Waals surface area contributed by atoms with Gasteiger partial charge in [-0.15, -0.1) is 0 Å². The zero-order valence-electron chi connectivity index (χ0n) is 21.5. The van der Waals surface area contributed by atoms with E-state index in [4.69, 9.17) is 10.5 Å². The maximum atomic E-state index is 13.2. The van der Waals surface area contributed by atoms with Crippen LogP contribution in [0.1, 0.15) is 52.0 Å². The highest BCUT2D eigenvalue weighted by molar-refractivity contribution is 7.90. The van der Waals surface area contributed by atoms with Crippen LogP contribution in [0.2, 0.25) is 0 Å². The molecule has 0 spiro atoms. The Hall–Kier alpha value is -3.93. The second kappa shape index (κ2) is 10.7. The van der Waals surface area contributed by atoms with Crippen LogP contribution in [-0.4, -0.2) is 30.5 Å². The van der Waals surface area contributed by atoms with Crippen LogP contribution in [0.15, 0.2) is 53.6 Å². The molecule has 12 heteroatoms. The minimum absolute atomic E-state index is 0.0425. The lowest BCUT2D eigenvalue weighted by Crippen LogP contribution is -2.31. The topological polar surface area (TPSA) is 124 Å². The summed E-state index contributed by atoms with van der Waals surface area (Å²) in [5, 5.41) is -0.445. The summed E-state index contributed by atoms with van der Waals surface area (Å²) in [6, 6.07) is 10.3. The predicted octanol–water partition coefficient (Wildman–Crippen LogP) is 5.64. The van der Waals surface area contributed by atoms with Gasteiger partial charge in [-0.3, -0.25) is 4.79 Å². The summed E-state index contributed by atoms with van der Waals surface area (Å²) in [5.74, 6) is -2.28. The van der Waals surface area contributed by atoms with Crippen LogP contribution in [0.5, 0.6) is 11.6 Å². The number of nitrogen functional groups attached to an aromatic ring is 1. The second-order valence-electron chi connectivity index (χ2n) is 9.36. The van der Waals surface area contributed by atoms with Crippen LogP contribution in [0.4, 0.5) is 19.0 Å². The van der Waals surface area contributed by atoms with Crippen molar-refractivity contribution in [1.29, 1.82) is 0 Å². The summed E-state index contributed by atoms with van der Waals surface area (Å²) in [6.07, 6.45) is -2.92. The van der Waals surface area contributed by atoms with E-state index >= 15 is 0 Å². The lowest BCUT2D eigenvalue weighted by atomic mass is 9.87. The van der Waals surface area contributed by atoms with Gasteiger partial charge in [0.1, 0.15) is 17.1 Å². The molecule has 1 unspecified atom stereocenters. The lowest BCUT2D eigenvalue weighted by Gasteiger charge is -2.24. The average Bonchev–Trinajstić information content (AvgIpc) is 2.88. The largest absolute Gasteiger partial charge is 0.438 e. The summed E-state index contributed by atoms with van der Waals surface area (Å²) in [4.78, 5) is 21.4. The molecule has 0 fully saturated rings. The van der Waals surface area contributed by atoms with E-state index < -0.39 is 33.1 Å². The molecule has 39 heavy (non-hydrogen) atoms. The summed E-state index contributed by atoms with van der Waals surface area (Å²) in [7, 11) is -4.38. The van der Waals surface area contributed by atoms with Crippen LogP contribution in [0, 0.1) is 26.7 Å². The van der Waals surface area contributed by atoms with E-state index in [9.17, 15) is 26.4 Å². The maximum absolute atomic E-state index is 13.2. The SMILES string of the molecule is Cc1ccc(Oc2nc(C3=CCC(C(F)(F)F)CC3)ccc2C(=O)NS(=O)(=O)c2cccc(N)n2)c(C)c1C. The number of benzene rings is 1. The Kier molecular flexibility index (Phi) is 7.69. The molecule has 0 saturated carbocycles. The van der Waals surface area contributed by atoms with Crippen LogP contribution in [0.25, 0.3) is 5.57 Å². The Balaban J connectivity index is 1.72. The Morgan fingerprint density at radius 2 is 1.79 bits per heavy atom. The number of alkyl halides is 3. The number of carbonyl (C=O) groups excluding carboxylic acids is 1. The minimum Gasteiger partial charge on any atom is -0.438 e. The van der Waals surface area contributed by atoms with Crippen molar-refractivity contribution in [2.24, 2.45) is 5.92 Å². The van der Waals surface area contributed by atoms with Gasteiger partial charge in [-0.25, -0.2) is 14.7 Å².